The Morgan fingerprint density at radius 3 is 2.35 bits per heavy atom. The summed E-state index contributed by atoms with van der Waals surface area (Å²) in [6.07, 6.45) is 2.99. The topological polar surface area (TPSA) is 90.5 Å². The number of hydrogen-bond donors (Lipinski definition) is 3. The first-order valence-corrected chi connectivity index (χ1v) is 10.6. The highest BCUT2D eigenvalue weighted by Gasteiger charge is 2.29. The normalized spacial score (nSPS) is 12.7. The van der Waals surface area contributed by atoms with E-state index in [0.717, 1.165) is 35.3 Å². The highest BCUT2D eigenvalue weighted by Crippen LogP contribution is 2.31. The number of nitrogens with zero attached hydrogens (tertiary/aromatic N) is 1. The number of hydrogen-bond acceptors (Lipinski definition) is 4. The average Bonchev–Trinajstić information content (AvgIpc) is 3.59. The Hall–Kier alpha value is -3.35. The van der Waals surface area contributed by atoms with Crippen LogP contribution in [0.4, 0.5) is 17.1 Å². The van der Waals surface area contributed by atoms with Gasteiger partial charge in [-0.1, -0.05) is 18.2 Å². The zero-order valence-electron chi connectivity index (χ0n) is 18.3. The molecular formula is C24H30N4O3. The molecule has 0 saturated heterocycles. The van der Waals surface area contributed by atoms with E-state index in [1.165, 1.54) is 0 Å². The van der Waals surface area contributed by atoms with E-state index in [1.807, 2.05) is 49.4 Å². The van der Waals surface area contributed by atoms with E-state index in [2.05, 4.69) is 16.0 Å². The number of rotatable bonds is 9. The van der Waals surface area contributed by atoms with Crippen molar-refractivity contribution in [3.63, 3.8) is 0 Å². The number of anilines is 3. The van der Waals surface area contributed by atoms with E-state index < -0.39 is 0 Å². The predicted molar refractivity (Wildman–Crippen MR) is 123 cm³/mol. The molecule has 3 amide bonds. The first-order valence-electron chi connectivity index (χ1n) is 10.6. The van der Waals surface area contributed by atoms with Crippen molar-refractivity contribution in [2.75, 3.05) is 36.6 Å². The van der Waals surface area contributed by atoms with Crippen molar-refractivity contribution in [3.8, 4) is 0 Å². The maximum absolute atomic E-state index is 12.5. The molecule has 0 radical (unpaired) electrons. The molecule has 3 rings (SSSR count). The van der Waals surface area contributed by atoms with Crippen LogP contribution in [0.3, 0.4) is 0 Å². The van der Waals surface area contributed by atoms with E-state index >= 15 is 0 Å². The Balaban J connectivity index is 1.53. The molecule has 7 nitrogen and oxygen atoms in total. The molecule has 2 aromatic rings. The van der Waals surface area contributed by atoms with E-state index in [-0.39, 0.29) is 30.2 Å². The number of nitrogens with one attached hydrogen (secondary N) is 3. The largest absolute Gasteiger partial charge is 0.376 e. The number of carbonyl (C=O) groups is 3. The summed E-state index contributed by atoms with van der Waals surface area (Å²) in [4.78, 5) is 37.8. The van der Waals surface area contributed by atoms with Crippen LogP contribution in [0.25, 0.3) is 0 Å². The van der Waals surface area contributed by atoms with Crippen LogP contribution < -0.4 is 16.0 Å². The Morgan fingerprint density at radius 2 is 1.68 bits per heavy atom. The highest BCUT2D eigenvalue weighted by atomic mass is 16.2. The summed E-state index contributed by atoms with van der Waals surface area (Å²) in [7, 11) is 3.49. The van der Waals surface area contributed by atoms with Crippen molar-refractivity contribution < 1.29 is 14.4 Å². The monoisotopic (exact) mass is 422 g/mol. The summed E-state index contributed by atoms with van der Waals surface area (Å²) >= 11 is 0. The maximum Gasteiger partial charge on any atom is 0.243 e. The van der Waals surface area contributed by atoms with Crippen LogP contribution in [-0.4, -0.2) is 43.3 Å². The molecule has 0 atom stereocenters. The molecule has 1 saturated carbocycles. The van der Waals surface area contributed by atoms with Crippen LogP contribution in [0.2, 0.25) is 0 Å². The van der Waals surface area contributed by atoms with Gasteiger partial charge in [0.1, 0.15) is 0 Å². The van der Waals surface area contributed by atoms with Gasteiger partial charge in [-0.2, -0.15) is 0 Å². The van der Waals surface area contributed by atoms with Gasteiger partial charge >= 0.3 is 0 Å². The van der Waals surface area contributed by atoms with E-state index in [4.69, 9.17) is 0 Å². The lowest BCUT2D eigenvalue weighted by atomic mass is 10.1. The van der Waals surface area contributed by atoms with Gasteiger partial charge in [-0.05, 0) is 61.6 Å². The maximum atomic E-state index is 12.5. The predicted octanol–water partition coefficient (Wildman–Crippen LogP) is 3.41. The van der Waals surface area contributed by atoms with Gasteiger partial charge < -0.3 is 20.9 Å². The molecule has 2 aromatic carbocycles. The second-order valence-electron chi connectivity index (χ2n) is 8.13. The number of aryl methyl sites for hydroxylation is 1. The molecule has 0 spiro atoms. The van der Waals surface area contributed by atoms with E-state index in [9.17, 15) is 14.4 Å². The smallest absolute Gasteiger partial charge is 0.243 e. The van der Waals surface area contributed by atoms with Gasteiger partial charge in [0.05, 0.1) is 6.54 Å². The number of carbonyl (C=O) groups excluding carboxylic acids is 3. The van der Waals surface area contributed by atoms with Crippen LogP contribution in [0.1, 0.15) is 30.4 Å². The van der Waals surface area contributed by atoms with Crippen LogP contribution in [0.15, 0.2) is 42.5 Å². The summed E-state index contributed by atoms with van der Waals surface area (Å²) in [5.74, 6) is 0.0737. The van der Waals surface area contributed by atoms with Gasteiger partial charge in [-0.25, -0.2) is 0 Å². The third kappa shape index (κ3) is 6.57. The third-order valence-corrected chi connectivity index (χ3v) is 5.32. The lowest BCUT2D eigenvalue weighted by molar-refractivity contribution is -0.128. The van der Waals surface area contributed by atoms with Gasteiger partial charge in [0.2, 0.25) is 17.7 Å². The molecular weight excluding hydrogens is 392 g/mol. The minimum atomic E-state index is -0.179. The average molecular weight is 423 g/mol. The molecule has 7 heteroatoms. The quantitative estimate of drug-likeness (QED) is 0.578. The summed E-state index contributed by atoms with van der Waals surface area (Å²) < 4.78 is 0. The Bertz CT molecular complexity index is 967. The summed E-state index contributed by atoms with van der Waals surface area (Å²) in [6.45, 7) is 1.99. The molecule has 0 bridgehead atoms. The molecule has 0 aromatic heterocycles. The Morgan fingerprint density at radius 1 is 1.00 bits per heavy atom. The van der Waals surface area contributed by atoms with Crippen molar-refractivity contribution in [2.45, 2.75) is 32.6 Å². The molecule has 0 unspecified atom stereocenters. The molecule has 1 aliphatic rings. The summed E-state index contributed by atoms with van der Waals surface area (Å²) in [5, 5.41) is 8.97. The molecule has 31 heavy (non-hydrogen) atoms. The van der Waals surface area contributed by atoms with Gasteiger partial charge in [0, 0.05) is 43.5 Å². The van der Waals surface area contributed by atoms with Crippen molar-refractivity contribution in [3.05, 3.63) is 53.6 Å². The molecule has 1 aliphatic carbocycles. The Labute approximate surface area is 183 Å². The zero-order valence-corrected chi connectivity index (χ0v) is 18.3. The highest BCUT2D eigenvalue weighted by molar-refractivity contribution is 5.98. The molecule has 3 N–H and O–H groups in total. The number of amides is 3. The fourth-order valence-electron chi connectivity index (χ4n) is 3.18. The van der Waals surface area contributed by atoms with E-state index in [1.54, 1.807) is 19.0 Å². The number of benzene rings is 2. The van der Waals surface area contributed by atoms with Crippen LogP contribution in [0.5, 0.6) is 0 Å². The SMILES string of the molecule is Cc1c(NC(=O)CNc2cccc(CCC(=O)N(C)C)c2)cccc1NC(=O)C1CC1. The first kappa shape index (κ1) is 22.3. The molecule has 0 aliphatic heterocycles. The molecule has 0 heterocycles. The van der Waals surface area contributed by atoms with Crippen molar-refractivity contribution in [1.82, 2.24) is 4.90 Å². The fraction of sp³-hybridized carbons (Fsp3) is 0.375. The van der Waals surface area contributed by atoms with Gasteiger partial charge in [0.25, 0.3) is 0 Å². The van der Waals surface area contributed by atoms with Crippen LogP contribution in [-0.2, 0) is 20.8 Å². The van der Waals surface area contributed by atoms with E-state index in [0.29, 0.717) is 18.5 Å². The van der Waals surface area contributed by atoms with Crippen molar-refractivity contribution in [1.29, 1.82) is 0 Å². The fourth-order valence-corrected chi connectivity index (χ4v) is 3.18. The minimum Gasteiger partial charge on any atom is -0.376 e. The second-order valence-corrected chi connectivity index (χ2v) is 8.13. The Kier molecular flexibility index (Phi) is 7.28. The lowest BCUT2D eigenvalue weighted by Crippen LogP contribution is -2.23. The van der Waals surface area contributed by atoms with Crippen molar-refractivity contribution in [2.24, 2.45) is 5.92 Å². The molecule has 164 valence electrons. The minimum absolute atomic E-state index is 0.0420. The lowest BCUT2D eigenvalue weighted by Gasteiger charge is -2.14. The second kappa shape index (κ2) is 10.1. The van der Waals surface area contributed by atoms with Crippen LogP contribution in [0, 0.1) is 12.8 Å². The first-order chi connectivity index (χ1) is 14.8. The van der Waals surface area contributed by atoms with Crippen molar-refractivity contribution >= 4 is 34.8 Å². The van der Waals surface area contributed by atoms with Crippen LogP contribution >= 0.6 is 0 Å². The molecule has 1 fully saturated rings. The third-order valence-electron chi connectivity index (χ3n) is 5.32. The zero-order chi connectivity index (χ0) is 22.4. The van der Waals surface area contributed by atoms with Gasteiger partial charge in [-0.3, -0.25) is 14.4 Å². The van der Waals surface area contributed by atoms with Gasteiger partial charge in [-0.15, -0.1) is 0 Å². The van der Waals surface area contributed by atoms with Gasteiger partial charge in [0.15, 0.2) is 0 Å². The summed E-state index contributed by atoms with van der Waals surface area (Å²) in [5.41, 5.74) is 4.10. The summed E-state index contributed by atoms with van der Waals surface area (Å²) in [6, 6.07) is 13.2. The standard InChI is InChI=1S/C24H30N4O3/c1-16-20(8-5-9-21(16)27-24(31)18-11-12-18)26-22(29)15-25-19-7-4-6-17(14-19)10-13-23(30)28(2)3/h4-9,14,18,25H,10-13,15H2,1-3H3,(H,26,29)(H,27,31).